The van der Waals surface area contributed by atoms with Crippen LogP contribution in [0.15, 0.2) is 29.3 Å². The summed E-state index contributed by atoms with van der Waals surface area (Å²) in [6.45, 7) is 2.02. The third kappa shape index (κ3) is 1.87. The maximum atomic E-state index is 13.2. The van der Waals surface area contributed by atoms with Crippen molar-refractivity contribution >= 4 is 37.7 Å². The van der Waals surface area contributed by atoms with Crippen LogP contribution in [0.25, 0.3) is 20.3 Å². The topological polar surface area (TPSA) is 68.0 Å². The van der Waals surface area contributed by atoms with Gasteiger partial charge in [0.15, 0.2) is 0 Å². The molecular formula is C13H10FN3O2S. The Kier molecular flexibility index (Phi) is 2.98. The smallest absolute Gasteiger partial charge is 0.297 e. The van der Waals surface area contributed by atoms with Crippen molar-refractivity contribution in [2.45, 2.75) is 6.92 Å². The van der Waals surface area contributed by atoms with Crippen molar-refractivity contribution in [1.29, 1.82) is 5.41 Å². The number of halogens is 1. The summed E-state index contributed by atoms with van der Waals surface area (Å²) < 4.78 is 20.3. The van der Waals surface area contributed by atoms with E-state index in [0.717, 1.165) is 21.3 Å². The first-order valence-electron chi connectivity index (χ1n) is 5.93. The molecule has 0 unspecified atom stereocenters. The van der Waals surface area contributed by atoms with Crippen molar-refractivity contribution in [2.24, 2.45) is 0 Å². The number of ether oxygens (including phenoxy) is 1. The first kappa shape index (κ1) is 12.7. The van der Waals surface area contributed by atoms with Crippen molar-refractivity contribution in [3.8, 4) is 0 Å². The Hall–Kier alpha value is -2.28. The molecule has 0 aliphatic carbocycles. The molecule has 0 amide bonds. The van der Waals surface area contributed by atoms with Gasteiger partial charge < -0.3 is 4.74 Å². The average molecular weight is 291 g/mol. The van der Waals surface area contributed by atoms with Gasteiger partial charge in [-0.15, -0.1) is 11.3 Å². The number of hydrogen-bond acceptors (Lipinski definition) is 5. The van der Waals surface area contributed by atoms with Crippen molar-refractivity contribution < 1.29 is 9.13 Å². The van der Waals surface area contributed by atoms with Crippen LogP contribution >= 0.6 is 11.3 Å². The molecule has 3 rings (SSSR count). The van der Waals surface area contributed by atoms with Crippen LogP contribution < -0.4 is 5.56 Å². The van der Waals surface area contributed by atoms with Crippen LogP contribution in [-0.2, 0) is 4.74 Å². The van der Waals surface area contributed by atoms with Gasteiger partial charge in [0, 0.05) is 10.1 Å². The lowest BCUT2D eigenvalue weighted by Gasteiger charge is -2.06. The highest BCUT2D eigenvalue weighted by atomic mass is 32.1. The highest BCUT2D eigenvalue weighted by Crippen LogP contribution is 2.30. The molecule has 2 heterocycles. The zero-order valence-electron chi connectivity index (χ0n) is 10.5. The molecule has 2 aromatic heterocycles. The fraction of sp³-hybridized carbons (Fsp3) is 0.154. The lowest BCUT2D eigenvalue weighted by atomic mass is 10.2. The molecule has 0 saturated heterocycles. The van der Waals surface area contributed by atoms with E-state index >= 15 is 0 Å². The van der Waals surface area contributed by atoms with Gasteiger partial charge in [0.25, 0.3) is 11.6 Å². The number of hydrogen-bond donors (Lipinski definition) is 1. The molecule has 1 aromatic carbocycles. The van der Waals surface area contributed by atoms with E-state index in [1.807, 2.05) is 0 Å². The Morgan fingerprint density at radius 1 is 1.55 bits per heavy atom. The number of benzene rings is 1. The lowest BCUT2D eigenvalue weighted by molar-refractivity contribution is 0.308. The minimum Gasteiger partial charge on any atom is -0.465 e. The van der Waals surface area contributed by atoms with Crippen molar-refractivity contribution in [3.05, 3.63) is 40.7 Å². The predicted molar refractivity (Wildman–Crippen MR) is 76.1 cm³/mol. The second kappa shape index (κ2) is 4.68. The normalized spacial score (nSPS) is 11.1. The monoisotopic (exact) mass is 291 g/mol. The van der Waals surface area contributed by atoms with E-state index in [0.29, 0.717) is 21.5 Å². The molecule has 0 radical (unpaired) electrons. The molecule has 3 aromatic rings. The first-order valence-corrected chi connectivity index (χ1v) is 6.74. The molecule has 7 heteroatoms. The first-order chi connectivity index (χ1) is 9.61. The highest BCUT2D eigenvalue weighted by molar-refractivity contribution is 7.25. The molecule has 0 saturated carbocycles. The van der Waals surface area contributed by atoms with Crippen molar-refractivity contribution in [3.63, 3.8) is 0 Å². The average Bonchev–Trinajstić information content (AvgIpc) is 2.78. The van der Waals surface area contributed by atoms with Crippen LogP contribution in [0.2, 0.25) is 0 Å². The molecule has 5 nitrogen and oxygen atoms in total. The molecule has 0 spiro atoms. The minimum atomic E-state index is -0.380. The highest BCUT2D eigenvalue weighted by Gasteiger charge is 2.14. The summed E-state index contributed by atoms with van der Waals surface area (Å²) in [6, 6.07) is 4.05. The largest absolute Gasteiger partial charge is 0.465 e. The summed E-state index contributed by atoms with van der Waals surface area (Å²) in [5.74, 6) is -0.355. The van der Waals surface area contributed by atoms with E-state index in [1.54, 1.807) is 13.0 Å². The minimum absolute atomic E-state index is 0.268. The number of fused-ring (bicyclic) bond motifs is 3. The Balaban J connectivity index is 2.30. The molecule has 0 aliphatic heterocycles. The van der Waals surface area contributed by atoms with E-state index < -0.39 is 0 Å². The molecule has 1 N–H and O–H groups in total. The zero-order chi connectivity index (χ0) is 14.3. The fourth-order valence-electron chi connectivity index (χ4n) is 1.96. The van der Waals surface area contributed by atoms with E-state index in [9.17, 15) is 9.18 Å². The molecule has 0 atom stereocenters. The van der Waals surface area contributed by atoms with E-state index in [-0.39, 0.29) is 17.4 Å². The van der Waals surface area contributed by atoms with E-state index in [1.165, 1.54) is 18.5 Å². The Bertz CT molecular complexity index is 884. The number of aromatic nitrogens is 2. The molecule has 0 bridgehead atoms. The predicted octanol–water partition coefficient (Wildman–Crippen LogP) is 2.57. The zero-order valence-corrected chi connectivity index (χ0v) is 11.3. The summed E-state index contributed by atoms with van der Waals surface area (Å²) >= 11 is 1.16. The summed E-state index contributed by atoms with van der Waals surface area (Å²) in [6.07, 6.45) is 1.26. The SMILES string of the molecule is CCOC(=N)n1cnc2c(sc3cc(F)ccc32)c1=O. The summed E-state index contributed by atoms with van der Waals surface area (Å²) in [5.41, 5.74) is 0.144. The van der Waals surface area contributed by atoms with Gasteiger partial charge in [-0.2, -0.15) is 0 Å². The van der Waals surface area contributed by atoms with Gasteiger partial charge in [0.05, 0.1) is 12.1 Å². The van der Waals surface area contributed by atoms with Crippen LogP contribution in [-0.4, -0.2) is 22.2 Å². The van der Waals surface area contributed by atoms with Gasteiger partial charge in [0.1, 0.15) is 16.8 Å². The maximum absolute atomic E-state index is 13.2. The fourth-order valence-corrected chi connectivity index (χ4v) is 3.07. The van der Waals surface area contributed by atoms with Crippen LogP contribution in [0.3, 0.4) is 0 Å². The van der Waals surface area contributed by atoms with E-state index in [4.69, 9.17) is 10.1 Å². The summed E-state index contributed by atoms with van der Waals surface area (Å²) in [7, 11) is 0. The van der Waals surface area contributed by atoms with Crippen molar-refractivity contribution in [1.82, 2.24) is 9.55 Å². The van der Waals surface area contributed by atoms with Gasteiger partial charge in [-0.25, -0.2) is 13.9 Å². The number of thiophene rings is 1. The number of nitrogens with one attached hydrogen (secondary N) is 1. The Labute approximate surface area is 116 Å². The molecule has 0 aliphatic rings. The van der Waals surface area contributed by atoms with Crippen LogP contribution in [0.4, 0.5) is 4.39 Å². The van der Waals surface area contributed by atoms with Gasteiger partial charge in [-0.1, -0.05) is 0 Å². The number of nitrogens with zero attached hydrogens (tertiary/aromatic N) is 2. The standard InChI is InChI=1S/C13H10FN3O2S/c1-2-19-13(15)17-6-16-10-8-4-3-7(14)5-9(8)20-11(10)12(17)18/h3-6,15H,2H2,1H3. The van der Waals surface area contributed by atoms with E-state index in [2.05, 4.69) is 4.98 Å². The van der Waals surface area contributed by atoms with Crippen LogP contribution in [0.1, 0.15) is 6.92 Å². The van der Waals surface area contributed by atoms with Gasteiger partial charge in [-0.05, 0) is 25.1 Å². The number of rotatable bonds is 1. The van der Waals surface area contributed by atoms with Crippen LogP contribution in [0, 0.1) is 11.2 Å². The van der Waals surface area contributed by atoms with Gasteiger partial charge in [-0.3, -0.25) is 10.2 Å². The quantitative estimate of drug-likeness (QED) is 0.553. The Morgan fingerprint density at radius 3 is 3.10 bits per heavy atom. The second-order valence-corrected chi connectivity index (χ2v) is 5.13. The molecular weight excluding hydrogens is 281 g/mol. The molecule has 0 fully saturated rings. The summed E-state index contributed by atoms with van der Waals surface area (Å²) in [4.78, 5) is 16.5. The molecule has 20 heavy (non-hydrogen) atoms. The van der Waals surface area contributed by atoms with Crippen LogP contribution in [0.5, 0.6) is 0 Å². The lowest BCUT2D eigenvalue weighted by Crippen LogP contribution is -2.28. The van der Waals surface area contributed by atoms with Gasteiger partial charge in [0.2, 0.25) is 0 Å². The van der Waals surface area contributed by atoms with Crippen molar-refractivity contribution in [2.75, 3.05) is 6.61 Å². The van der Waals surface area contributed by atoms with Gasteiger partial charge >= 0.3 is 0 Å². The third-order valence-corrected chi connectivity index (χ3v) is 3.97. The third-order valence-electron chi connectivity index (χ3n) is 2.84. The molecule has 102 valence electrons. The Morgan fingerprint density at radius 2 is 2.35 bits per heavy atom. The maximum Gasteiger partial charge on any atom is 0.297 e. The summed E-state index contributed by atoms with van der Waals surface area (Å²) in [5, 5.41) is 8.39. The second-order valence-electron chi connectivity index (χ2n) is 4.08.